The average molecular weight is 309 g/mol. The van der Waals surface area contributed by atoms with E-state index in [1.54, 1.807) is 20.8 Å². The summed E-state index contributed by atoms with van der Waals surface area (Å²) in [4.78, 5) is 22.9. The summed E-state index contributed by atoms with van der Waals surface area (Å²) in [5, 5.41) is 21.4. The molecule has 0 unspecified atom stereocenters. The molecular formula is C16H23NO5. The van der Waals surface area contributed by atoms with Crippen molar-refractivity contribution in [2.75, 3.05) is 0 Å². The van der Waals surface area contributed by atoms with Gasteiger partial charge in [0, 0.05) is 0 Å². The third kappa shape index (κ3) is 6.58. The van der Waals surface area contributed by atoms with Crippen molar-refractivity contribution < 1.29 is 24.5 Å². The Morgan fingerprint density at radius 2 is 1.82 bits per heavy atom. The second-order valence-corrected chi connectivity index (χ2v) is 6.05. The molecule has 122 valence electrons. The fourth-order valence-electron chi connectivity index (χ4n) is 1.88. The van der Waals surface area contributed by atoms with Gasteiger partial charge in [-0.1, -0.05) is 30.3 Å². The quantitative estimate of drug-likeness (QED) is 0.746. The van der Waals surface area contributed by atoms with E-state index in [1.165, 1.54) is 0 Å². The summed E-state index contributed by atoms with van der Waals surface area (Å²) in [6.45, 7) is 5.02. The number of carbonyl (C=O) groups excluding carboxylic acids is 1. The fourth-order valence-corrected chi connectivity index (χ4v) is 1.88. The number of carboxylic acid groups (broad SMARTS) is 1. The number of rotatable bonds is 6. The number of carbonyl (C=O) groups is 2. The number of aliphatic hydroxyl groups is 1. The highest BCUT2D eigenvalue weighted by molar-refractivity contribution is 5.80. The van der Waals surface area contributed by atoms with Gasteiger partial charge in [-0.05, 0) is 39.2 Å². The van der Waals surface area contributed by atoms with Crippen LogP contribution in [-0.2, 0) is 16.0 Å². The number of aliphatic carboxylic acids is 1. The van der Waals surface area contributed by atoms with Crippen molar-refractivity contribution >= 4 is 12.1 Å². The van der Waals surface area contributed by atoms with E-state index in [4.69, 9.17) is 9.84 Å². The third-order valence-electron chi connectivity index (χ3n) is 2.89. The molecule has 0 saturated heterocycles. The Kier molecular flexibility index (Phi) is 6.37. The number of amides is 1. The van der Waals surface area contributed by atoms with Crippen molar-refractivity contribution in [2.45, 2.75) is 51.4 Å². The lowest BCUT2D eigenvalue weighted by molar-refractivity contribution is -0.142. The molecule has 1 aromatic carbocycles. The minimum Gasteiger partial charge on any atom is -0.480 e. The first-order valence-corrected chi connectivity index (χ1v) is 7.13. The molecule has 0 saturated carbocycles. The SMILES string of the molecule is CC(C)(C)OC(=O)N[C@@H](C(=O)O)[C@@H](O)CCc1ccccc1. The summed E-state index contributed by atoms with van der Waals surface area (Å²) in [5.74, 6) is -1.30. The molecule has 0 heterocycles. The van der Waals surface area contributed by atoms with E-state index in [1.807, 2.05) is 30.3 Å². The molecule has 1 aromatic rings. The molecule has 6 heteroatoms. The average Bonchev–Trinajstić information content (AvgIpc) is 2.41. The van der Waals surface area contributed by atoms with Gasteiger partial charge in [-0.2, -0.15) is 0 Å². The van der Waals surface area contributed by atoms with E-state index >= 15 is 0 Å². The molecule has 0 bridgehead atoms. The molecule has 2 atom stereocenters. The lowest BCUT2D eigenvalue weighted by atomic mass is 10.0. The van der Waals surface area contributed by atoms with Crippen LogP contribution in [-0.4, -0.2) is 40.0 Å². The van der Waals surface area contributed by atoms with Crippen LogP contribution in [0.15, 0.2) is 30.3 Å². The number of hydrogen-bond donors (Lipinski definition) is 3. The van der Waals surface area contributed by atoms with Crippen LogP contribution in [0.2, 0.25) is 0 Å². The van der Waals surface area contributed by atoms with Crippen LogP contribution in [0, 0.1) is 0 Å². The van der Waals surface area contributed by atoms with Crippen LogP contribution < -0.4 is 5.32 Å². The highest BCUT2D eigenvalue weighted by atomic mass is 16.6. The molecule has 0 radical (unpaired) electrons. The Hall–Kier alpha value is -2.08. The van der Waals surface area contributed by atoms with Crippen LogP contribution in [0.25, 0.3) is 0 Å². The van der Waals surface area contributed by atoms with Crippen molar-refractivity contribution in [3.05, 3.63) is 35.9 Å². The third-order valence-corrected chi connectivity index (χ3v) is 2.89. The topological polar surface area (TPSA) is 95.9 Å². The van der Waals surface area contributed by atoms with Gasteiger partial charge in [-0.25, -0.2) is 9.59 Å². The van der Waals surface area contributed by atoms with Crippen molar-refractivity contribution in [1.29, 1.82) is 0 Å². The second kappa shape index (κ2) is 7.79. The molecule has 3 N–H and O–H groups in total. The Balaban J connectivity index is 2.58. The maximum absolute atomic E-state index is 11.6. The Bertz CT molecular complexity index is 495. The molecule has 0 aliphatic heterocycles. The number of aliphatic hydroxyl groups excluding tert-OH is 1. The Labute approximate surface area is 130 Å². The number of nitrogens with one attached hydrogen (secondary N) is 1. The normalized spacial score (nSPS) is 14.0. The summed E-state index contributed by atoms with van der Waals surface area (Å²) < 4.78 is 5.01. The smallest absolute Gasteiger partial charge is 0.408 e. The zero-order chi connectivity index (χ0) is 16.8. The minimum absolute atomic E-state index is 0.219. The van der Waals surface area contributed by atoms with Gasteiger partial charge in [-0.3, -0.25) is 0 Å². The first kappa shape index (κ1) is 18.0. The summed E-state index contributed by atoms with van der Waals surface area (Å²) in [6.07, 6.45) is -1.33. The molecular weight excluding hydrogens is 286 g/mol. The van der Waals surface area contributed by atoms with E-state index < -0.39 is 29.8 Å². The molecule has 0 spiro atoms. The molecule has 22 heavy (non-hydrogen) atoms. The zero-order valence-electron chi connectivity index (χ0n) is 13.1. The van der Waals surface area contributed by atoms with E-state index in [0.717, 1.165) is 5.56 Å². The van der Waals surface area contributed by atoms with Crippen molar-refractivity contribution in [3.63, 3.8) is 0 Å². The van der Waals surface area contributed by atoms with Crippen LogP contribution in [0.3, 0.4) is 0 Å². The van der Waals surface area contributed by atoms with E-state index in [-0.39, 0.29) is 6.42 Å². The number of aryl methyl sites for hydroxylation is 1. The van der Waals surface area contributed by atoms with Crippen LogP contribution in [0.4, 0.5) is 4.79 Å². The Morgan fingerprint density at radius 3 is 2.32 bits per heavy atom. The second-order valence-electron chi connectivity index (χ2n) is 6.05. The zero-order valence-corrected chi connectivity index (χ0v) is 13.1. The molecule has 6 nitrogen and oxygen atoms in total. The summed E-state index contributed by atoms with van der Waals surface area (Å²) in [7, 11) is 0. The number of ether oxygens (including phenoxy) is 1. The fraction of sp³-hybridized carbons (Fsp3) is 0.500. The number of hydrogen-bond acceptors (Lipinski definition) is 4. The van der Waals surface area contributed by atoms with Crippen LogP contribution in [0.1, 0.15) is 32.8 Å². The van der Waals surface area contributed by atoms with Gasteiger partial charge < -0.3 is 20.3 Å². The Morgan fingerprint density at radius 1 is 1.23 bits per heavy atom. The highest BCUT2D eigenvalue weighted by Crippen LogP contribution is 2.10. The van der Waals surface area contributed by atoms with Gasteiger partial charge in [0.15, 0.2) is 6.04 Å². The van der Waals surface area contributed by atoms with Gasteiger partial charge in [0.25, 0.3) is 0 Å². The number of benzene rings is 1. The van der Waals surface area contributed by atoms with E-state index in [0.29, 0.717) is 6.42 Å². The van der Waals surface area contributed by atoms with Crippen LogP contribution in [0.5, 0.6) is 0 Å². The van der Waals surface area contributed by atoms with Gasteiger partial charge in [0.1, 0.15) is 5.60 Å². The first-order chi connectivity index (χ1) is 10.2. The largest absolute Gasteiger partial charge is 0.480 e. The predicted octanol–water partition coefficient (Wildman–Crippen LogP) is 1.96. The summed E-state index contributed by atoms with van der Waals surface area (Å²) in [6, 6.07) is 8.00. The summed E-state index contributed by atoms with van der Waals surface area (Å²) in [5.41, 5.74) is 0.255. The first-order valence-electron chi connectivity index (χ1n) is 7.13. The maximum atomic E-state index is 11.6. The molecule has 1 amide bonds. The maximum Gasteiger partial charge on any atom is 0.408 e. The predicted molar refractivity (Wildman–Crippen MR) is 81.6 cm³/mol. The van der Waals surface area contributed by atoms with Crippen molar-refractivity contribution in [1.82, 2.24) is 5.32 Å². The summed E-state index contributed by atoms with van der Waals surface area (Å²) >= 11 is 0. The van der Waals surface area contributed by atoms with Gasteiger partial charge >= 0.3 is 12.1 Å². The molecule has 0 aliphatic rings. The van der Waals surface area contributed by atoms with Crippen molar-refractivity contribution in [3.8, 4) is 0 Å². The monoisotopic (exact) mass is 309 g/mol. The lowest BCUT2D eigenvalue weighted by Crippen LogP contribution is -2.50. The standard InChI is InChI=1S/C16H23NO5/c1-16(2,3)22-15(21)17-13(14(19)20)12(18)10-9-11-7-5-4-6-8-11/h4-8,12-13,18H,9-10H2,1-3H3,(H,17,21)(H,19,20)/t12-,13+/m0/s1. The minimum atomic E-state index is -1.40. The number of carboxylic acids is 1. The number of alkyl carbamates (subject to hydrolysis) is 1. The lowest BCUT2D eigenvalue weighted by Gasteiger charge is -2.24. The van der Waals surface area contributed by atoms with E-state index in [2.05, 4.69) is 5.32 Å². The molecule has 0 aromatic heterocycles. The van der Waals surface area contributed by atoms with Gasteiger partial charge in [-0.15, -0.1) is 0 Å². The van der Waals surface area contributed by atoms with Gasteiger partial charge in [0.2, 0.25) is 0 Å². The van der Waals surface area contributed by atoms with Crippen molar-refractivity contribution in [2.24, 2.45) is 0 Å². The molecule has 0 aliphatic carbocycles. The van der Waals surface area contributed by atoms with Crippen LogP contribution >= 0.6 is 0 Å². The molecule has 1 rings (SSSR count). The highest BCUT2D eigenvalue weighted by Gasteiger charge is 2.30. The van der Waals surface area contributed by atoms with E-state index in [9.17, 15) is 14.7 Å². The molecule has 0 fully saturated rings. The van der Waals surface area contributed by atoms with Gasteiger partial charge in [0.05, 0.1) is 6.10 Å².